The molecule has 3 rings (SSSR count). The van der Waals surface area contributed by atoms with E-state index in [2.05, 4.69) is 15.6 Å². The number of carbonyl (C=O) groups excluding carboxylic acids is 2. The number of hydrogen-bond acceptors (Lipinski definition) is 5. The van der Waals surface area contributed by atoms with Crippen molar-refractivity contribution in [3.05, 3.63) is 47.2 Å². The number of halogens is 3. The van der Waals surface area contributed by atoms with Crippen LogP contribution in [-0.2, 0) is 4.79 Å². The van der Waals surface area contributed by atoms with Crippen LogP contribution in [0, 0.1) is 5.92 Å². The Hall–Kier alpha value is -2.06. The zero-order valence-electron chi connectivity index (χ0n) is 13.1. The maximum atomic E-state index is 12.5. The summed E-state index contributed by atoms with van der Waals surface area (Å²) in [7, 11) is 0. The standard InChI is InChI=1S/C16H13Cl3N4O3/c17-13-2-1-8(21-15(25)12-5-16(12,18)19)4-11(13)14(24)22-9-3-10(23-26)7-20-6-9/h1-4,6-7,12,23,26H,5H2,(H,21,25)(H,22,24). The van der Waals surface area contributed by atoms with Gasteiger partial charge in [-0.3, -0.25) is 25.3 Å². The Bertz CT molecular complexity index is 876. The molecule has 0 saturated heterocycles. The molecule has 1 atom stereocenters. The van der Waals surface area contributed by atoms with E-state index < -0.39 is 16.2 Å². The molecule has 0 bridgehead atoms. The number of carbonyl (C=O) groups is 2. The highest BCUT2D eigenvalue weighted by molar-refractivity contribution is 6.52. The second-order valence-corrected chi connectivity index (χ2v) is 7.68. The van der Waals surface area contributed by atoms with Crippen LogP contribution >= 0.6 is 34.8 Å². The van der Waals surface area contributed by atoms with Crippen molar-refractivity contribution < 1.29 is 14.8 Å². The molecule has 0 aliphatic heterocycles. The van der Waals surface area contributed by atoms with Gasteiger partial charge in [0.15, 0.2) is 0 Å². The van der Waals surface area contributed by atoms with Crippen molar-refractivity contribution in [3.8, 4) is 0 Å². The SMILES string of the molecule is O=C(Nc1cncc(NO)c1)c1cc(NC(=O)C2CC2(Cl)Cl)ccc1Cl. The van der Waals surface area contributed by atoms with Gasteiger partial charge < -0.3 is 10.6 Å². The van der Waals surface area contributed by atoms with Gasteiger partial charge >= 0.3 is 0 Å². The molecule has 1 heterocycles. The number of amides is 2. The smallest absolute Gasteiger partial charge is 0.257 e. The van der Waals surface area contributed by atoms with Crippen LogP contribution in [0.4, 0.5) is 17.1 Å². The fourth-order valence-electron chi connectivity index (χ4n) is 2.27. The number of pyridine rings is 1. The first kappa shape index (κ1) is 18.7. The Morgan fingerprint density at radius 2 is 1.81 bits per heavy atom. The van der Waals surface area contributed by atoms with Crippen molar-refractivity contribution in [2.45, 2.75) is 10.8 Å². The van der Waals surface area contributed by atoms with E-state index in [4.69, 9.17) is 40.0 Å². The van der Waals surface area contributed by atoms with Crippen LogP contribution in [-0.4, -0.2) is 26.3 Å². The second kappa shape index (κ2) is 7.28. The van der Waals surface area contributed by atoms with E-state index in [1.54, 1.807) is 6.07 Å². The lowest BCUT2D eigenvalue weighted by atomic mass is 10.1. The summed E-state index contributed by atoms with van der Waals surface area (Å²) in [4.78, 5) is 28.4. The molecule has 1 unspecified atom stereocenters. The van der Waals surface area contributed by atoms with Gasteiger partial charge in [-0.15, -0.1) is 23.2 Å². The number of aromatic nitrogens is 1. The minimum absolute atomic E-state index is 0.158. The number of rotatable bonds is 5. The summed E-state index contributed by atoms with van der Waals surface area (Å²) in [5, 5.41) is 14.4. The number of alkyl halides is 2. The van der Waals surface area contributed by atoms with Crippen LogP contribution < -0.4 is 16.1 Å². The minimum Gasteiger partial charge on any atom is -0.326 e. The van der Waals surface area contributed by atoms with Crippen LogP contribution in [0.1, 0.15) is 16.8 Å². The topological polar surface area (TPSA) is 103 Å². The highest BCUT2D eigenvalue weighted by atomic mass is 35.5. The van der Waals surface area contributed by atoms with Crippen molar-refractivity contribution >= 4 is 63.7 Å². The molecule has 10 heteroatoms. The molecule has 1 aliphatic rings. The molecular weight excluding hydrogens is 403 g/mol. The number of nitrogens with zero attached hydrogens (tertiary/aromatic N) is 1. The van der Waals surface area contributed by atoms with Gasteiger partial charge in [-0.1, -0.05) is 11.6 Å². The summed E-state index contributed by atoms with van der Waals surface area (Å²) >= 11 is 17.9. The quantitative estimate of drug-likeness (QED) is 0.438. The second-order valence-electron chi connectivity index (χ2n) is 5.73. The summed E-state index contributed by atoms with van der Waals surface area (Å²) in [5.41, 5.74) is 3.15. The first-order valence-corrected chi connectivity index (χ1v) is 8.58. The summed E-state index contributed by atoms with van der Waals surface area (Å²) < 4.78 is -1.03. The Kier molecular flexibility index (Phi) is 5.24. The summed E-state index contributed by atoms with van der Waals surface area (Å²) in [6.45, 7) is 0. The molecular formula is C16H13Cl3N4O3. The van der Waals surface area contributed by atoms with E-state index in [-0.39, 0.29) is 16.5 Å². The minimum atomic E-state index is -1.03. The number of benzene rings is 1. The molecule has 2 amide bonds. The number of anilines is 3. The van der Waals surface area contributed by atoms with E-state index in [0.29, 0.717) is 23.5 Å². The largest absolute Gasteiger partial charge is 0.326 e. The van der Waals surface area contributed by atoms with Gasteiger partial charge in [0.2, 0.25) is 5.91 Å². The molecule has 1 aromatic carbocycles. The molecule has 1 saturated carbocycles. The van der Waals surface area contributed by atoms with Crippen molar-refractivity contribution in [2.24, 2.45) is 5.92 Å². The van der Waals surface area contributed by atoms with E-state index in [0.717, 1.165) is 0 Å². The predicted octanol–water partition coefficient (Wildman–Crippen LogP) is 3.92. The molecule has 7 nitrogen and oxygen atoms in total. The molecule has 4 N–H and O–H groups in total. The zero-order chi connectivity index (χ0) is 18.9. The van der Waals surface area contributed by atoms with Gasteiger partial charge in [0, 0.05) is 5.69 Å². The third-order valence-corrected chi connectivity index (χ3v) is 4.91. The highest BCUT2D eigenvalue weighted by Gasteiger charge is 2.56. The van der Waals surface area contributed by atoms with Crippen LogP contribution in [0.15, 0.2) is 36.7 Å². The molecule has 2 aromatic rings. The van der Waals surface area contributed by atoms with Crippen molar-refractivity contribution in [2.75, 3.05) is 16.1 Å². The third-order valence-electron chi connectivity index (χ3n) is 3.75. The van der Waals surface area contributed by atoms with E-state index in [9.17, 15) is 9.59 Å². The highest BCUT2D eigenvalue weighted by Crippen LogP contribution is 2.53. The number of hydrogen-bond donors (Lipinski definition) is 4. The lowest BCUT2D eigenvalue weighted by molar-refractivity contribution is -0.117. The lowest BCUT2D eigenvalue weighted by Gasteiger charge is -2.10. The Morgan fingerprint density at radius 1 is 1.12 bits per heavy atom. The molecule has 136 valence electrons. The monoisotopic (exact) mass is 414 g/mol. The van der Waals surface area contributed by atoms with Gasteiger partial charge in [-0.2, -0.15) is 0 Å². The van der Waals surface area contributed by atoms with Crippen molar-refractivity contribution in [1.29, 1.82) is 0 Å². The van der Waals surface area contributed by atoms with Crippen molar-refractivity contribution in [3.63, 3.8) is 0 Å². The third kappa shape index (κ3) is 4.19. The van der Waals surface area contributed by atoms with Gasteiger partial charge in [0.05, 0.1) is 40.3 Å². The zero-order valence-corrected chi connectivity index (χ0v) is 15.4. The number of nitrogens with one attached hydrogen (secondary N) is 3. The molecule has 0 radical (unpaired) electrons. The van der Waals surface area contributed by atoms with Gasteiger partial charge in [0.1, 0.15) is 4.33 Å². The molecule has 1 fully saturated rings. The summed E-state index contributed by atoms with van der Waals surface area (Å²) in [5.74, 6) is -1.31. The van der Waals surface area contributed by atoms with Gasteiger partial charge in [-0.25, -0.2) is 0 Å². The lowest BCUT2D eigenvalue weighted by Crippen LogP contribution is -2.18. The van der Waals surface area contributed by atoms with Crippen LogP contribution in [0.3, 0.4) is 0 Å². The fourth-order valence-corrected chi connectivity index (χ4v) is 2.98. The van der Waals surface area contributed by atoms with E-state index in [1.165, 1.54) is 30.6 Å². The first-order valence-electron chi connectivity index (χ1n) is 7.45. The summed E-state index contributed by atoms with van der Waals surface area (Å²) in [6.07, 6.45) is 3.17. The molecule has 0 spiro atoms. The van der Waals surface area contributed by atoms with Crippen molar-refractivity contribution in [1.82, 2.24) is 4.98 Å². The van der Waals surface area contributed by atoms with Crippen LogP contribution in [0.5, 0.6) is 0 Å². The Labute approximate surface area is 163 Å². The average molecular weight is 416 g/mol. The Balaban J connectivity index is 1.74. The average Bonchev–Trinajstić information content (AvgIpc) is 3.25. The first-order chi connectivity index (χ1) is 12.3. The molecule has 1 aliphatic carbocycles. The van der Waals surface area contributed by atoms with Gasteiger partial charge in [-0.05, 0) is 30.7 Å². The van der Waals surface area contributed by atoms with Gasteiger partial charge in [0.25, 0.3) is 5.91 Å². The summed E-state index contributed by atoms with van der Waals surface area (Å²) in [6, 6.07) is 6.00. The predicted molar refractivity (Wildman–Crippen MR) is 100 cm³/mol. The van der Waals surface area contributed by atoms with Crippen LogP contribution in [0.2, 0.25) is 5.02 Å². The molecule has 1 aromatic heterocycles. The Morgan fingerprint density at radius 3 is 2.46 bits per heavy atom. The maximum absolute atomic E-state index is 12.5. The maximum Gasteiger partial charge on any atom is 0.257 e. The van der Waals surface area contributed by atoms with E-state index in [1.807, 2.05) is 5.48 Å². The fraction of sp³-hybridized carbons (Fsp3) is 0.188. The molecule has 26 heavy (non-hydrogen) atoms. The normalized spacial score (nSPS) is 17.3. The van der Waals surface area contributed by atoms with Crippen LogP contribution in [0.25, 0.3) is 0 Å². The van der Waals surface area contributed by atoms with E-state index >= 15 is 0 Å².